The van der Waals surface area contributed by atoms with Gasteiger partial charge in [-0.25, -0.2) is 0 Å². The summed E-state index contributed by atoms with van der Waals surface area (Å²) in [5.74, 6) is -8.25. The molecule has 42 heavy (non-hydrogen) atoms. The van der Waals surface area contributed by atoms with Gasteiger partial charge in [0.25, 0.3) is 5.91 Å². The van der Waals surface area contributed by atoms with Crippen LogP contribution in [-0.4, -0.2) is 92.1 Å². The van der Waals surface area contributed by atoms with E-state index < -0.39 is 90.1 Å². The Labute approximate surface area is 249 Å². The van der Waals surface area contributed by atoms with E-state index in [2.05, 4.69) is 5.32 Å². The Morgan fingerprint density at radius 1 is 0.762 bits per heavy atom. The fourth-order valence-electron chi connectivity index (χ4n) is 4.63. The lowest BCUT2D eigenvalue weighted by Gasteiger charge is -2.35. The van der Waals surface area contributed by atoms with Crippen LogP contribution in [0.15, 0.2) is 0 Å². The van der Waals surface area contributed by atoms with Gasteiger partial charge in [-0.2, -0.15) is 0 Å². The zero-order valence-corrected chi connectivity index (χ0v) is 26.6. The fraction of sp³-hybridized carbons (Fsp3) is 0.828. The highest BCUT2D eigenvalue weighted by Gasteiger charge is 2.45. The first kappa shape index (κ1) is 39.5. The first-order valence-corrected chi connectivity index (χ1v) is 14.7. The van der Waals surface area contributed by atoms with Crippen molar-refractivity contribution in [1.29, 1.82) is 0 Å². The smallest absolute Gasteiger partial charge is 0.316 e. The Morgan fingerprint density at radius 2 is 1.24 bits per heavy atom. The van der Waals surface area contributed by atoms with Gasteiger partial charge in [-0.3, -0.25) is 28.9 Å². The fourth-order valence-corrected chi connectivity index (χ4v) is 4.63. The first-order valence-electron chi connectivity index (χ1n) is 14.7. The van der Waals surface area contributed by atoms with Crippen LogP contribution in [0.25, 0.3) is 0 Å². The third-order valence-electron chi connectivity index (χ3n) is 7.27. The highest BCUT2D eigenvalue weighted by atomic mass is 16.4. The normalized spacial score (nSPS) is 17.8. The topological polar surface area (TPSA) is 239 Å². The van der Waals surface area contributed by atoms with Gasteiger partial charge in [0.2, 0.25) is 11.8 Å². The molecule has 0 spiro atoms. The molecule has 8 atom stereocenters. The number of ketones is 1. The molecule has 0 fully saturated rings. The van der Waals surface area contributed by atoms with E-state index in [4.69, 9.17) is 17.2 Å². The number of rotatable bonds is 18. The highest BCUT2D eigenvalue weighted by molar-refractivity contribution is 6.08. The molecule has 0 aliphatic heterocycles. The molecule has 0 bridgehead atoms. The number of nitrogens with one attached hydrogen (secondary N) is 1. The Hall–Kier alpha value is -2.45. The maximum Gasteiger partial charge on any atom is 0.316 e. The molecule has 0 aliphatic carbocycles. The van der Waals surface area contributed by atoms with Gasteiger partial charge in [-0.05, 0) is 43.4 Å². The zero-order chi connectivity index (χ0) is 33.2. The average molecular weight is 602 g/mol. The number of aliphatic hydroxyl groups excluding tert-OH is 2. The van der Waals surface area contributed by atoms with Gasteiger partial charge in [0, 0.05) is 12.1 Å². The molecule has 0 aromatic heterocycles. The van der Waals surface area contributed by atoms with Crippen LogP contribution in [0.1, 0.15) is 81.6 Å². The zero-order valence-electron chi connectivity index (χ0n) is 26.6. The van der Waals surface area contributed by atoms with Gasteiger partial charge in [0.15, 0.2) is 5.78 Å². The molecule has 13 nitrogen and oxygen atoms in total. The van der Waals surface area contributed by atoms with E-state index in [-0.39, 0.29) is 24.2 Å². The number of carbonyl (C=O) groups is 5. The van der Waals surface area contributed by atoms with Crippen LogP contribution in [0.4, 0.5) is 0 Å². The van der Waals surface area contributed by atoms with E-state index in [0.717, 1.165) is 6.92 Å². The van der Waals surface area contributed by atoms with Gasteiger partial charge >= 0.3 is 5.97 Å². The van der Waals surface area contributed by atoms with Crippen molar-refractivity contribution >= 4 is 29.5 Å². The lowest BCUT2D eigenvalue weighted by atomic mass is 9.85. The Bertz CT molecular complexity index is 926. The molecule has 0 saturated heterocycles. The molecule has 0 heterocycles. The molecule has 0 radical (unpaired) electrons. The lowest BCUT2D eigenvalue weighted by molar-refractivity contribution is -0.161. The van der Waals surface area contributed by atoms with E-state index in [0.29, 0.717) is 11.3 Å². The average Bonchev–Trinajstić information content (AvgIpc) is 2.84. The number of aliphatic carboxylic acids is 1. The largest absolute Gasteiger partial charge is 0.481 e. The molecule has 0 saturated carbocycles. The van der Waals surface area contributed by atoms with E-state index in [1.165, 1.54) is 0 Å². The Kier molecular flexibility index (Phi) is 16.6. The maximum atomic E-state index is 13.9. The summed E-state index contributed by atoms with van der Waals surface area (Å²) in [6.07, 6.45) is -3.24. The van der Waals surface area contributed by atoms with Crippen molar-refractivity contribution in [2.24, 2.45) is 46.8 Å². The quantitative estimate of drug-likeness (QED) is 0.103. The first-order chi connectivity index (χ1) is 19.1. The molecule has 0 aromatic rings. The van der Waals surface area contributed by atoms with Crippen LogP contribution in [0.2, 0.25) is 0 Å². The third kappa shape index (κ3) is 11.7. The number of nitrogens with zero attached hydrogens (tertiary/aromatic N) is 1. The summed E-state index contributed by atoms with van der Waals surface area (Å²) in [5.41, 5.74) is 18.0. The Balaban J connectivity index is 6.63. The summed E-state index contributed by atoms with van der Waals surface area (Å²) in [6.45, 7) is 15.2. The molecular formula is C29H55N5O8. The highest BCUT2D eigenvalue weighted by Crippen LogP contribution is 2.21. The minimum atomic E-state index is -2.05. The summed E-state index contributed by atoms with van der Waals surface area (Å²) in [6, 6.07) is -5.87. The second-order valence-electron chi connectivity index (χ2n) is 12.8. The molecular weight excluding hydrogens is 546 g/mol. The summed E-state index contributed by atoms with van der Waals surface area (Å²) in [5, 5.41) is 33.9. The van der Waals surface area contributed by atoms with Crippen LogP contribution < -0.4 is 22.5 Å². The van der Waals surface area contributed by atoms with Crippen LogP contribution in [-0.2, 0) is 24.0 Å². The third-order valence-corrected chi connectivity index (χ3v) is 7.27. The van der Waals surface area contributed by atoms with Gasteiger partial charge < -0.3 is 37.8 Å². The minimum absolute atomic E-state index is 0.0135. The maximum absolute atomic E-state index is 13.9. The number of carboxylic acid groups (broad SMARTS) is 1. The number of Topliss-reactive ketones (excluding diaryl/α,β-unsaturated/α-hetero) is 1. The number of carboxylic acids is 1. The lowest BCUT2D eigenvalue weighted by Crippen LogP contribution is -2.61. The van der Waals surface area contributed by atoms with E-state index >= 15 is 0 Å². The van der Waals surface area contributed by atoms with Crippen molar-refractivity contribution in [3.05, 3.63) is 0 Å². The summed E-state index contributed by atoms with van der Waals surface area (Å²) in [7, 11) is 0. The molecule has 10 N–H and O–H groups in total. The molecule has 0 aliphatic rings. The number of carbonyl (C=O) groups excluding carboxylic acids is 4. The number of hydrogen-bond acceptors (Lipinski definition) is 10. The van der Waals surface area contributed by atoms with E-state index in [1.807, 2.05) is 27.7 Å². The predicted octanol–water partition coefficient (Wildman–Crippen LogP) is -0.0172. The molecule has 0 aromatic carbocycles. The number of aliphatic hydroxyl groups is 2. The van der Waals surface area contributed by atoms with Gasteiger partial charge in [0.1, 0.15) is 12.0 Å². The molecule has 244 valence electrons. The standard InChI is InChI=1S/C29H55N5O8/c1-13(2)10-18(30)20(35)12-21(36)34(28(40)24(16(7)8)33-27(39)23(32)15(5)6)17(9)25(37)22(29(41)42)26(38)19(31)11-14(3)4/h13-20,22-24,26,35,38H,10-12,30-32H2,1-9H3,(H,33,39)(H,41,42)/t17-,18?,19?,20?,22?,23-,24-,26?/m0/s1. The number of imide groups is 1. The monoisotopic (exact) mass is 601 g/mol. The number of amides is 3. The van der Waals surface area contributed by atoms with Gasteiger partial charge in [-0.15, -0.1) is 0 Å². The molecule has 5 unspecified atom stereocenters. The van der Waals surface area contributed by atoms with Crippen LogP contribution in [0, 0.1) is 29.6 Å². The van der Waals surface area contributed by atoms with Crippen molar-refractivity contribution in [2.45, 2.75) is 124 Å². The number of hydrogen-bond donors (Lipinski definition) is 7. The van der Waals surface area contributed by atoms with Crippen LogP contribution >= 0.6 is 0 Å². The second-order valence-corrected chi connectivity index (χ2v) is 12.8. The summed E-state index contributed by atoms with van der Waals surface area (Å²) in [4.78, 5) is 66.6. The van der Waals surface area contributed by atoms with Crippen LogP contribution in [0.5, 0.6) is 0 Å². The van der Waals surface area contributed by atoms with Crippen LogP contribution in [0.3, 0.4) is 0 Å². The van der Waals surface area contributed by atoms with Gasteiger partial charge in [0.05, 0.1) is 30.7 Å². The molecule has 3 amide bonds. The minimum Gasteiger partial charge on any atom is -0.481 e. The van der Waals surface area contributed by atoms with E-state index in [9.17, 15) is 39.3 Å². The van der Waals surface area contributed by atoms with Crippen molar-refractivity contribution < 1.29 is 39.3 Å². The van der Waals surface area contributed by atoms with Crippen molar-refractivity contribution in [3.8, 4) is 0 Å². The molecule has 0 rings (SSSR count). The predicted molar refractivity (Wildman–Crippen MR) is 159 cm³/mol. The SMILES string of the molecule is CC(C)CC(N)C(O)CC(=O)N(C(=O)[C@@H](NC(=O)[C@@H](N)C(C)C)C(C)C)[C@@H](C)C(=O)C(C(=O)O)C(O)C(N)CC(C)C. The van der Waals surface area contributed by atoms with E-state index in [1.54, 1.807) is 27.7 Å². The molecule has 13 heteroatoms. The summed E-state index contributed by atoms with van der Waals surface area (Å²) >= 11 is 0. The van der Waals surface area contributed by atoms with Crippen molar-refractivity contribution in [1.82, 2.24) is 10.2 Å². The number of nitrogens with two attached hydrogens (primary N) is 3. The summed E-state index contributed by atoms with van der Waals surface area (Å²) < 4.78 is 0. The van der Waals surface area contributed by atoms with Crippen molar-refractivity contribution in [2.75, 3.05) is 0 Å². The Morgan fingerprint density at radius 3 is 1.64 bits per heavy atom. The van der Waals surface area contributed by atoms with Gasteiger partial charge in [-0.1, -0.05) is 55.4 Å². The van der Waals surface area contributed by atoms with Crippen molar-refractivity contribution in [3.63, 3.8) is 0 Å². The second kappa shape index (κ2) is 17.6.